The zero-order valence-corrected chi connectivity index (χ0v) is 13.8. The summed E-state index contributed by atoms with van der Waals surface area (Å²) in [5, 5.41) is 8.27. The first-order valence-corrected chi connectivity index (χ1v) is 7.51. The van der Waals surface area contributed by atoms with E-state index in [1.807, 2.05) is 32.0 Å². The summed E-state index contributed by atoms with van der Waals surface area (Å²) in [5.41, 5.74) is 7.98. The highest BCUT2D eigenvalue weighted by Gasteiger charge is 2.19. The normalized spacial score (nSPS) is 14.5. The average Bonchev–Trinajstić information content (AvgIpc) is 3.05. The molecule has 0 spiro atoms. The molecule has 2 N–H and O–H groups in total. The third-order valence-corrected chi connectivity index (χ3v) is 3.57. The van der Waals surface area contributed by atoms with Crippen LogP contribution in [0.2, 0.25) is 0 Å². The fourth-order valence-electron chi connectivity index (χ4n) is 2.53. The molecule has 0 aliphatic carbocycles. The van der Waals surface area contributed by atoms with Gasteiger partial charge in [0.25, 0.3) is 0 Å². The van der Waals surface area contributed by atoms with Crippen molar-refractivity contribution in [1.29, 1.82) is 0 Å². The van der Waals surface area contributed by atoms with Crippen molar-refractivity contribution < 1.29 is 9.47 Å². The van der Waals surface area contributed by atoms with Crippen LogP contribution < -0.4 is 20.3 Å². The molecule has 1 aliphatic rings. The lowest BCUT2D eigenvalue weighted by atomic mass is 9.89. The molecule has 1 heterocycles. The number of hydrazone groups is 2. The van der Waals surface area contributed by atoms with E-state index in [-0.39, 0.29) is 12.7 Å². The molecule has 0 unspecified atom stereocenters. The maximum absolute atomic E-state index is 5.47. The first-order chi connectivity index (χ1) is 11.6. The van der Waals surface area contributed by atoms with E-state index in [2.05, 4.69) is 33.1 Å². The Kier molecular flexibility index (Phi) is 6.10. The summed E-state index contributed by atoms with van der Waals surface area (Å²) in [7, 11) is 0. The van der Waals surface area contributed by atoms with Crippen molar-refractivity contribution in [1.82, 2.24) is 10.9 Å². The van der Waals surface area contributed by atoms with Crippen LogP contribution in [0.5, 0.6) is 11.5 Å². The van der Waals surface area contributed by atoms with Crippen molar-refractivity contribution in [3.8, 4) is 36.4 Å². The summed E-state index contributed by atoms with van der Waals surface area (Å²) in [6.07, 6.45) is 11.8. The molecule has 0 saturated heterocycles. The molecule has 1 aromatic rings. The molecule has 0 saturated carbocycles. The molecule has 0 radical (unpaired) electrons. The van der Waals surface area contributed by atoms with E-state index in [1.54, 1.807) is 0 Å². The van der Waals surface area contributed by atoms with Crippen LogP contribution in [0.4, 0.5) is 0 Å². The highest BCUT2D eigenvalue weighted by Crippen LogP contribution is 2.36. The largest absolute Gasteiger partial charge is 0.454 e. The van der Waals surface area contributed by atoms with Gasteiger partial charge in [-0.25, -0.2) is 10.9 Å². The summed E-state index contributed by atoms with van der Waals surface area (Å²) in [6.45, 7) is 4.11. The standard InChI is InChI=1S/C18H20N4O2/c1-5-19-21-13(3)9-16(10-14(4)22-20-6-2)15-7-8-17-18(11-15)24-12-23-17/h1-2,7-8,11,16,19-20H,9-10,12H2,3-4H3/b21-13-,22-14-. The zero-order valence-electron chi connectivity index (χ0n) is 13.8. The summed E-state index contributed by atoms with van der Waals surface area (Å²) in [4.78, 5) is 0. The van der Waals surface area contributed by atoms with Gasteiger partial charge in [0.05, 0.1) is 0 Å². The minimum atomic E-state index is 0.158. The minimum Gasteiger partial charge on any atom is -0.454 e. The van der Waals surface area contributed by atoms with Crippen molar-refractivity contribution in [2.45, 2.75) is 32.6 Å². The molecule has 24 heavy (non-hydrogen) atoms. The molecule has 124 valence electrons. The predicted octanol–water partition coefficient (Wildman–Crippen LogP) is 2.39. The summed E-state index contributed by atoms with van der Waals surface area (Å²) >= 11 is 0. The quantitative estimate of drug-likeness (QED) is 0.350. The highest BCUT2D eigenvalue weighted by molar-refractivity contribution is 5.86. The zero-order chi connectivity index (χ0) is 17.4. The summed E-state index contributed by atoms with van der Waals surface area (Å²) in [5.74, 6) is 1.67. The Bertz CT molecular complexity index is 692. The van der Waals surface area contributed by atoms with Gasteiger partial charge >= 0.3 is 0 Å². The van der Waals surface area contributed by atoms with Crippen LogP contribution in [-0.4, -0.2) is 18.2 Å². The van der Waals surface area contributed by atoms with Crippen LogP contribution in [0.15, 0.2) is 28.4 Å². The second-order valence-electron chi connectivity index (χ2n) is 5.42. The van der Waals surface area contributed by atoms with Gasteiger partial charge in [0.2, 0.25) is 6.79 Å². The van der Waals surface area contributed by atoms with Crippen molar-refractivity contribution >= 4 is 11.4 Å². The number of ether oxygens (including phenoxy) is 2. The number of hydrogen-bond acceptors (Lipinski definition) is 6. The number of nitrogens with zero attached hydrogens (tertiary/aromatic N) is 2. The predicted molar refractivity (Wildman–Crippen MR) is 94.7 cm³/mol. The van der Waals surface area contributed by atoms with Crippen molar-refractivity contribution in [2.75, 3.05) is 6.79 Å². The van der Waals surface area contributed by atoms with Gasteiger partial charge in [0, 0.05) is 23.5 Å². The lowest BCUT2D eigenvalue weighted by molar-refractivity contribution is 0.174. The Hall–Kier alpha value is -3.12. The molecule has 0 aromatic heterocycles. The van der Waals surface area contributed by atoms with E-state index in [0.717, 1.165) is 41.3 Å². The van der Waals surface area contributed by atoms with Gasteiger partial charge in [-0.3, -0.25) is 0 Å². The Morgan fingerprint density at radius 1 is 1.08 bits per heavy atom. The van der Waals surface area contributed by atoms with Gasteiger partial charge in [-0.15, -0.1) is 0 Å². The molecule has 0 atom stereocenters. The lowest BCUT2D eigenvalue weighted by Gasteiger charge is -2.17. The monoisotopic (exact) mass is 324 g/mol. The molecular weight excluding hydrogens is 304 g/mol. The number of rotatable bonds is 7. The maximum Gasteiger partial charge on any atom is 0.231 e. The first-order valence-electron chi connectivity index (χ1n) is 7.51. The van der Waals surface area contributed by atoms with Crippen LogP contribution in [0.3, 0.4) is 0 Å². The number of nitrogens with one attached hydrogen (secondary N) is 2. The maximum atomic E-state index is 5.47. The van der Waals surface area contributed by atoms with E-state index in [1.165, 1.54) is 0 Å². The van der Waals surface area contributed by atoms with E-state index >= 15 is 0 Å². The number of hydrogen-bond donors (Lipinski definition) is 2. The Morgan fingerprint density at radius 3 is 2.25 bits per heavy atom. The third kappa shape index (κ3) is 4.69. The van der Waals surface area contributed by atoms with E-state index in [4.69, 9.17) is 22.3 Å². The van der Waals surface area contributed by atoms with Crippen LogP contribution in [0, 0.1) is 24.9 Å². The van der Waals surface area contributed by atoms with Crippen molar-refractivity contribution in [2.24, 2.45) is 10.2 Å². The summed E-state index contributed by atoms with van der Waals surface area (Å²) < 4.78 is 10.8. The van der Waals surface area contributed by atoms with Gasteiger partial charge in [-0.05, 0) is 50.3 Å². The molecule has 0 amide bonds. The van der Waals surface area contributed by atoms with Crippen molar-refractivity contribution in [3.05, 3.63) is 23.8 Å². The average molecular weight is 324 g/mol. The van der Waals surface area contributed by atoms with Gasteiger partial charge in [0.1, 0.15) is 0 Å². The van der Waals surface area contributed by atoms with E-state index in [0.29, 0.717) is 0 Å². The Balaban J connectivity index is 2.21. The summed E-state index contributed by atoms with van der Waals surface area (Å²) in [6, 6.07) is 10.5. The number of terminal acetylenes is 2. The van der Waals surface area contributed by atoms with Crippen molar-refractivity contribution in [3.63, 3.8) is 0 Å². The number of benzene rings is 1. The SMILES string of the molecule is C#CN/N=C(/C)CC(C/C(C)=N\NC#C)c1ccc2c(c1)OCO2. The molecule has 2 rings (SSSR count). The molecule has 0 fully saturated rings. The minimum absolute atomic E-state index is 0.158. The molecule has 6 heteroatoms. The molecule has 0 bridgehead atoms. The fraction of sp³-hybridized carbons (Fsp3) is 0.333. The second kappa shape index (κ2) is 8.50. The van der Waals surface area contributed by atoms with Gasteiger partial charge in [0.15, 0.2) is 11.5 Å². The first kappa shape index (κ1) is 17.2. The Morgan fingerprint density at radius 2 is 1.67 bits per heavy atom. The van der Waals surface area contributed by atoms with Crippen LogP contribution >= 0.6 is 0 Å². The molecular formula is C18H20N4O2. The van der Waals surface area contributed by atoms with Gasteiger partial charge in [-0.1, -0.05) is 18.9 Å². The van der Waals surface area contributed by atoms with Crippen LogP contribution in [0.1, 0.15) is 38.2 Å². The van der Waals surface area contributed by atoms with Crippen LogP contribution in [-0.2, 0) is 0 Å². The third-order valence-electron chi connectivity index (χ3n) is 3.57. The second-order valence-corrected chi connectivity index (χ2v) is 5.42. The number of fused-ring (bicyclic) bond motifs is 1. The topological polar surface area (TPSA) is 67.2 Å². The lowest BCUT2D eigenvalue weighted by Crippen LogP contribution is -2.12. The van der Waals surface area contributed by atoms with Crippen LogP contribution in [0.25, 0.3) is 0 Å². The fourth-order valence-corrected chi connectivity index (χ4v) is 2.53. The highest BCUT2D eigenvalue weighted by atomic mass is 16.7. The van der Waals surface area contributed by atoms with E-state index < -0.39 is 0 Å². The Labute approximate surface area is 142 Å². The smallest absolute Gasteiger partial charge is 0.231 e. The van der Waals surface area contributed by atoms with E-state index in [9.17, 15) is 0 Å². The van der Waals surface area contributed by atoms with Gasteiger partial charge < -0.3 is 9.47 Å². The molecule has 1 aromatic carbocycles. The van der Waals surface area contributed by atoms with Gasteiger partial charge in [-0.2, -0.15) is 10.2 Å². The molecule has 6 nitrogen and oxygen atoms in total. The molecule has 1 aliphatic heterocycles.